The summed E-state index contributed by atoms with van der Waals surface area (Å²) < 4.78 is 31.8. The fourth-order valence-electron chi connectivity index (χ4n) is 5.23. The van der Waals surface area contributed by atoms with Crippen LogP contribution >= 0.6 is 0 Å². The number of hydrogen-bond acceptors (Lipinski definition) is 9. The molecule has 220 valence electrons. The number of rotatable bonds is 13. The fraction of sp³-hybridized carbons (Fsp3) is 0.419. The van der Waals surface area contributed by atoms with Crippen LogP contribution in [0.4, 0.5) is 0 Å². The molecule has 1 fully saturated rings. The summed E-state index contributed by atoms with van der Waals surface area (Å²) >= 11 is 0. The molecule has 0 spiro atoms. The van der Waals surface area contributed by atoms with Crippen molar-refractivity contribution >= 4 is 21.4 Å². The van der Waals surface area contributed by atoms with Gasteiger partial charge in [0.15, 0.2) is 21.4 Å². The molecule has 2 aromatic carbocycles. The maximum atomic E-state index is 13.6. The zero-order valence-corrected chi connectivity index (χ0v) is 23.8. The van der Waals surface area contributed by atoms with Crippen LogP contribution in [0.5, 0.6) is 0 Å². The Hall–Kier alpha value is -2.99. The van der Waals surface area contributed by atoms with E-state index in [9.17, 15) is 23.1 Å². The molecule has 0 bridgehead atoms. The number of carbonyl (C=O) groups excluding carboxylic acids is 2. The average Bonchev–Trinajstić information content (AvgIpc) is 3.01. The van der Waals surface area contributed by atoms with Crippen LogP contribution in [0.1, 0.15) is 31.2 Å². The first-order chi connectivity index (χ1) is 19.6. The molecule has 6 N–H and O–H groups in total. The van der Waals surface area contributed by atoms with Crippen molar-refractivity contribution < 1.29 is 27.9 Å². The first-order valence-electron chi connectivity index (χ1n) is 14.0. The minimum absolute atomic E-state index is 0.0517. The molecule has 0 aromatic heterocycles. The van der Waals surface area contributed by atoms with Crippen LogP contribution in [-0.2, 0) is 30.6 Å². The summed E-state index contributed by atoms with van der Waals surface area (Å²) in [6.07, 6.45) is 5.19. The predicted molar refractivity (Wildman–Crippen MR) is 156 cm³/mol. The van der Waals surface area contributed by atoms with E-state index in [-0.39, 0.29) is 29.9 Å². The summed E-state index contributed by atoms with van der Waals surface area (Å²) in [5, 5.41) is 12.7. The molecule has 1 aliphatic heterocycles. The van der Waals surface area contributed by atoms with Gasteiger partial charge in [0.25, 0.3) is 0 Å². The summed E-state index contributed by atoms with van der Waals surface area (Å²) in [5.74, 6) is -1.36. The monoisotopic (exact) mass is 581 g/mol. The highest BCUT2D eigenvalue weighted by molar-refractivity contribution is 7.92. The van der Waals surface area contributed by atoms with E-state index in [1.807, 2.05) is 30.3 Å². The Balaban J connectivity index is 1.43. The molecule has 10 heteroatoms. The number of sulfone groups is 1. The summed E-state index contributed by atoms with van der Waals surface area (Å²) in [5.41, 5.74) is 12.7. The van der Waals surface area contributed by atoms with E-state index in [1.165, 1.54) is 18.2 Å². The maximum Gasteiger partial charge on any atom is 0.198 e. The number of nitrogens with two attached hydrogens (primary N) is 2. The van der Waals surface area contributed by atoms with Crippen LogP contribution in [-0.4, -0.2) is 67.9 Å². The molecular weight excluding hydrogens is 542 g/mol. The van der Waals surface area contributed by atoms with Gasteiger partial charge < -0.3 is 26.6 Å². The second-order valence-electron chi connectivity index (χ2n) is 10.7. The van der Waals surface area contributed by atoms with Gasteiger partial charge in [-0.15, -0.1) is 0 Å². The highest BCUT2D eigenvalue weighted by atomic mass is 32.2. The number of carbonyl (C=O) groups is 2. The Morgan fingerprint density at radius 1 is 1.07 bits per heavy atom. The Morgan fingerprint density at radius 3 is 2.37 bits per heavy atom. The highest BCUT2D eigenvalue weighted by Gasteiger charge is 2.40. The lowest BCUT2D eigenvalue weighted by atomic mass is 9.83. The summed E-state index contributed by atoms with van der Waals surface area (Å²) in [7, 11) is -3.85. The lowest BCUT2D eigenvalue weighted by Gasteiger charge is -2.31. The molecular formula is C31H39N3O6S. The number of hydrogen-bond donors (Lipinski definition) is 4. The number of allylic oxidation sites excluding steroid dienone is 1. The number of Topliss-reactive ketones (excluding diaryl/α,β-unsaturated/α-hetero) is 2. The fourth-order valence-corrected chi connectivity index (χ4v) is 6.60. The van der Waals surface area contributed by atoms with E-state index in [1.54, 1.807) is 30.4 Å². The van der Waals surface area contributed by atoms with Gasteiger partial charge in [0.2, 0.25) is 0 Å². The Labute approximate surface area is 241 Å². The van der Waals surface area contributed by atoms with Crippen molar-refractivity contribution in [2.24, 2.45) is 17.4 Å². The van der Waals surface area contributed by atoms with Crippen molar-refractivity contribution in [2.45, 2.75) is 60.1 Å². The van der Waals surface area contributed by atoms with Crippen molar-refractivity contribution in [3.8, 4) is 0 Å². The van der Waals surface area contributed by atoms with Crippen molar-refractivity contribution in [1.82, 2.24) is 5.32 Å². The lowest BCUT2D eigenvalue weighted by molar-refractivity contribution is -0.146. The molecule has 0 amide bonds. The number of nitrogens with one attached hydrogen (secondary N) is 1. The molecule has 9 nitrogen and oxygen atoms in total. The maximum absolute atomic E-state index is 13.6. The minimum Gasteiger partial charge on any atom is -0.377 e. The summed E-state index contributed by atoms with van der Waals surface area (Å²) in [4.78, 5) is 26.6. The summed E-state index contributed by atoms with van der Waals surface area (Å²) in [6, 6.07) is 16.7. The standard InChI is InChI=1S/C31H39N3O6S/c32-26(19-23-13-15-31(37,16-14-23)30(36)27-21-34-17-18-40-27)29(35)24(12-11-22-7-3-1-4-8-22)20-28(33)41(38,39)25-9-5-2-6-10-25/h1-10,13-15,24,26-28,34,37H,11-12,16-21,32-33H2/t24?,26-,27?,28-,31?/m0/s1. The van der Waals surface area contributed by atoms with E-state index in [2.05, 4.69) is 5.32 Å². The van der Waals surface area contributed by atoms with E-state index in [4.69, 9.17) is 16.2 Å². The lowest BCUT2D eigenvalue weighted by Crippen LogP contribution is -2.52. The largest absolute Gasteiger partial charge is 0.377 e. The number of morpholine rings is 1. The van der Waals surface area contributed by atoms with E-state index in [0.29, 0.717) is 38.1 Å². The minimum atomic E-state index is -3.85. The molecule has 41 heavy (non-hydrogen) atoms. The van der Waals surface area contributed by atoms with Gasteiger partial charge in [-0.2, -0.15) is 0 Å². The van der Waals surface area contributed by atoms with Gasteiger partial charge in [-0.05, 0) is 49.5 Å². The van der Waals surface area contributed by atoms with Crippen molar-refractivity contribution in [3.63, 3.8) is 0 Å². The molecule has 0 radical (unpaired) electrons. The second-order valence-corrected chi connectivity index (χ2v) is 12.9. The molecule has 1 aliphatic carbocycles. The SMILES string of the molecule is N[C@H](CC(CCc1ccccc1)C(=O)[C@@H](N)CC1=CCC(O)(C(=O)C2CNCCO2)C=C1)S(=O)(=O)c1ccccc1. The first kappa shape index (κ1) is 31.0. The number of aliphatic hydroxyl groups is 1. The predicted octanol–water partition coefficient (Wildman–Crippen LogP) is 1.85. The molecule has 2 aromatic rings. The van der Waals surface area contributed by atoms with E-state index < -0.39 is 44.7 Å². The van der Waals surface area contributed by atoms with Crippen molar-refractivity contribution in [1.29, 1.82) is 0 Å². The van der Waals surface area contributed by atoms with E-state index in [0.717, 1.165) is 5.56 Å². The van der Waals surface area contributed by atoms with Crippen LogP contribution in [0.2, 0.25) is 0 Å². The van der Waals surface area contributed by atoms with Crippen LogP contribution in [0, 0.1) is 5.92 Å². The van der Waals surface area contributed by atoms with Crippen LogP contribution in [0.25, 0.3) is 0 Å². The number of ether oxygens (including phenoxy) is 1. The third-order valence-electron chi connectivity index (χ3n) is 7.73. The van der Waals surface area contributed by atoms with Crippen LogP contribution in [0.3, 0.4) is 0 Å². The van der Waals surface area contributed by atoms with Crippen LogP contribution < -0.4 is 16.8 Å². The zero-order chi connectivity index (χ0) is 29.5. The Morgan fingerprint density at radius 2 is 1.76 bits per heavy atom. The van der Waals surface area contributed by atoms with Crippen molar-refractivity contribution in [2.75, 3.05) is 19.7 Å². The first-order valence-corrected chi connectivity index (χ1v) is 15.5. The Kier molecular flexibility index (Phi) is 10.4. The number of aryl methyl sites for hydroxylation is 1. The molecule has 5 atom stereocenters. The summed E-state index contributed by atoms with van der Waals surface area (Å²) in [6.45, 7) is 1.40. The smallest absolute Gasteiger partial charge is 0.198 e. The zero-order valence-electron chi connectivity index (χ0n) is 23.0. The van der Waals surface area contributed by atoms with Gasteiger partial charge in [-0.25, -0.2) is 8.42 Å². The third kappa shape index (κ3) is 7.85. The van der Waals surface area contributed by atoms with Gasteiger partial charge >= 0.3 is 0 Å². The van der Waals surface area contributed by atoms with E-state index >= 15 is 0 Å². The molecule has 4 rings (SSSR count). The van der Waals surface area contributed by atoms with Gasteiger partial charge in [-0.1, -0.05) is 66.3 Å². The molecule has 1 heterocycles. The Bertz CT molecular complexity index is 1360. The van der Waals surface area contributed by atoms with Crippen molar-refractivity contribution in [3.05, 3.63) is 90.0 Å². The average molecular weight is 582 g/mol. The van der Waals surface area contributed by atoms with Gasteiger partial charge in [0.1, 0.15) is 17.1 Å². The molecule has 3 unspecified atom stereocenters. The topological polar surface area (TPSA) is 162 Å². The molecule has 1 saturated heterocycles. The van der Waals surface area contributed by atoms with Crippen LogP contribution in [0.15, 0.2) is 89.4 Å². The van der Waals surface area contributed by atoms with Gasteiger partial charge in [0, 0.05) is 25.4 Å². The normalized spacial score (nSPS) is 23.3. The molecule has 0 saturated carbocycles. The highest BCUT2D eigenvalue weighted by Crippen LogP contribution is 2.28. The quantitative estimate of drug-likeness (QED) is 0.277. The number of benzene rings is 2. The third-order valence-corrected chi connectivity index (χ3v) is 9.65. The molecule has 2 aliphatic rings. The van der Waals surface area contributed by atoms with Gasteiger partial charge in [-0.3, -0.25) is 9.59 Å². The number of ketones is 2. The van der Waals surface area contributed by atoms with Gasteiger partial charge in [0.05, 0.1) is 17.5 Å². The second kappa shape index (κ2) is 13.8.